The molecule has 4 rings (SSSR count). The number of ether oxygens (including phenoxy) is 1. The van der Waals surface area contributed by atoms with Gasteiger partial charge in [-0.3, -0.25) is 9.59 Å². The van der Waals surface area contributed by atoms with Crippen LogP contribution in [0.1, 0.15) is 29.5 Å². The van der Waals surface area contributed by atoms with E-state index in [0.29, 0.717) is 42.4 Å². The van der Waals surface area contributed by atoms with Gasteiger partial charge in [-0.05, 0) is 48.9 Å². The lowest BCUT2D eigenvalue weighted by Crippen LogP contribution is -2.45. The van der Waals surface area contributed by atoms with Crippen LogP contribution >= 0.6 is 11.6 Å². The van der Waals surface area contributed by atoms with Crippen molar-refractivity contribution >= 4 is 29.1 Å². The van der Waals surface area contributed by atoms with E-state index in [-0.39, 0.29) is 11.8 Å². The van der Waals surface area contributed by atoms with Crippen LogP contribution in [0.15, 0.2) is 36.4 Å². The number of aryl methyl sites for hydroxylation is 1. The monoisotopic (exact) mass is 398 g/mol. The van der Waals surface area contributed by atoms with Crippen molar-refractivity contribution in [3.8, 4) is 5.75 Å². The molecule has 2 aromatic carbocycles. The van der Waals surface area contributed by atoms with E-state index in [4.69, 9.17) is 16.3 Å². The predicted molar refractivity (Wildman–Crippen MR) is 109 cm³/mol. The number of methoxy groups -OCH3 is 1. The molecule has 0 unspecified atom stereocenters. The minimum atomic E-state index is -0.967. The second-order valence-corrected chi connectivity index (χ2v) is 7.99. The molecule has 2 aromatic rings. The van der Waals surface area contributed by atoms with Crippen LogP contribution in [0.4, 0.5) is 5.69 Å². The Kier molecular flexibility index (Phi) is 4.79. The number of rotatable bonds is 4. The van der Waals surface area contributed by atoms with Crippen LogP contribution in [0.2, 0.25) is 5.02 Å². The molecule has 1 aliphatic carbocycles. The van der Waals surface area contributed by atoms with E-state index in [0.717, 1.165) is 17.5 Å². The molecule has 0 bridgehead atoms. The first-order chi connectivity index (χ1) is 13.4. The first-order valence-electron chi connectivity index (χ1n) is 9.46. The van der Waals surface area contributed by atoms with E-state index in [2.05, 4.69) is 17.4 Å². The Morgan fingerprint density at radius 2 is 1.89 bits per heavy atom. The summed E-state index contributed by atoms with van der Waals surface area (Å²) < 4.78 is 5.34. The zero-order valence-corrected chi connectivity index (χ0v) is 16.8. The van der Waals surface area contributed by atoms with Gasteiger partial charge in [0.1, 0.15) is 11.2 Å². The topological polar surface area (TPSA) is 58.6 Å². The third-order valence-electron chi connectivity index (χ3n) is 5.74. The highest BCUT2D eigenvalue weighted by atomic mass is 35.5. The fourth-order valence-corrected chi connectivity index (χ4v) is 3.96. The van der Waals surface area contributed by atoms with E-state index >= 15 is 0 Å². The number of fused-ring (bicyclic) bond motifs is 1. The summed E-state index contributed by atoms with van der Waals surface area (Å²) in [5.74, 6) is 0.139. The molecule has 0 atom stereocenters. The number of anilines is 1. The zero-order valence-electron chi connectivity index (χ0n) is 16.0. The van der Waals surface area contributed by atoms with Gasteiger partial charge in [-0.1, -0.05) is 35.9 Å². The summed E-state index contributed by atoms with van der Waals surface area (Å²) >= 11 is 6.14. The first-order valence-corrected chi connectivity index (χ1v) is 9.84. The molecular formula is C22H23ClN2O3. The summed E-state index contributed by atoms with van der Waals surface area (Å²) in [5, 5.41) is 3.47. The molecule has 1 saturated carbocycles. The van der Waals surface area contributed by atoms with Gasteiger partial charge in [0, 0.05) is 24.2 Å². The quantitative estimate of drug-likeness (QED) is 0.793. The second-order valence-electron chi connectivity index (χ2n) is 7.58. The Bertz CT molecular complexity index is 953. The molecule has 5 nitrogen and oxygen atoms in total. The maximum absolute atomic E-state index is 13.2. The number of halogens is 1. The Morgan fingerprint density at radius 3 is 2.57 bits per heavy atom. The van der Waals surface area contributed by atoms with E-state index in [1.165, 1.54) is 12.7 Å². The maximum Gasteiger partial charge on any atom is 0.240 e. The predicted octanol–water partition coefficient (Wildman–Crippen LogP) is 3.96. The van der Waals surface area contributed by atoms with Gasteiger partial charge in [-0.15, -0.1) is 0 Å². The molecule has 0 spiro atoms. The van der Waals surface area contributed by atoms with Crippen molar-refractivity contribution in [2.75, 3.05) is 19.0 Å². The lowest BCUT2D eigenvalue weighted by Gasteiger charge is -2.31. The molecule has 6 heteroatoms. The number of amides is 2. The molecule has 0 aromatic heterocycles. The number of carbonyl (C=O) groups is 2. The van der Waals surface area contributed by atoms with Gasteiger partial charge in [0.05, 0.1) is 12.8 Å². The summed E-state index contributed by atoms with van der Waals surface area (Å²) in [6, 6.07) is 11.6. The largest absolute Gasteiger partial charge is 0.495 e. The molecule has 1 fully saturated rings. The Labute approximate surface area is 169 Å². The van der Waals surface area contributed by atoms with Gasteiger partial charge >= 0.3 is 0 Å². The van der Waals surface area contributed by atoms with Crippen molar-refractivity contribution in [3.63, 3.8) is 0 Å². The van der Waals surface area contributed by atoms with Gasteiger partial charge in [-0.2, -0.15) is 0 Å². The Morgan fingerprint density at radius 1 is 1.18 bits per heavy atom. The number of nitrogens with zero attached hydrogens (tertiary/aromatic N) is 1. The number of hydrogen-bond donors (Lipinski definition) is 1. The summed E-state index contributed by atoms with van der Waals surface area (Å²) in [5.41, 5.74) is 2.85. The van der Waals surface area contributed by atoms with Crippen LogP contribution < -0.4 is 10.1 Å². The van der Waals surface area contributed by atoms with Crippen LogP contribution in [0.3, 0.4) is 0 Å². The highest BCUT2D eigenvalue weighted by Crippen LogP contribution is 2.49. The van der Waals surface area contributed by atoms with Crippen molar-refractivity contribution in [2.24, 2.45) is 5.41 Å². The molecular weight excluding hydrogens is 376 g/mol. The van der Waals surface area contributed by atoms with E-state index in [9.17, 15) is 9.59 Å². The van der Waals surface area contributed by atoms with Gasteiger partial charge in [0.2, 0.25) is 11.8 Å². The molecule has 28 heavy (non-hydrogen) atoms. The lowest BCUT2D eigenvalue weighted by molar-refractivity contribution is -0.143. The van der Waals surface area contributed by atoms with Crippen molar-refractivity contribution in [3.05, 3.63) is 58.1 Å². The summed E-state index contributed by atoms with van der Waals surface area (Å²) in [4.78, 5) is 28.1. The van der Waals surface area contributed by atoms with E-state index in [1.807, 2.05) is 24.0 Å². The number of hydrogen-bond acceptors (Lipinski definition) is 3. The Hall–Kier alpha value is -2.53. The standard InChI is InChI=1S/C22H23ClN2O3/c1-14-11-18(19(28-2)12-17(14)23)24-20(26)22(8-9-22)21(27)25-10-7-15-5-3-4-6-16(15)13-25/h3-6,11-12H,7-10,13H2,1-2H3,(H,24,26). The zero-order chi connectivity index (χ0) is 19.9. The average Bonchev–Trinajstić information content (AvgIpc) is 3.51. The number of carbonyl (C=O) groups excluding carboxylic acids is 2. The maximum atomic E-state index is 13.2. The summed E-state index contributed by atoms with van der Waals surface area (Å²) in [6.45, 7) is 3.07. The summed E-state index contributed by atoms with van der Waals surface area (Å²) in [7, 11) is 1.53. The molecule has 1 heterocycles. The molecule has 0 radical (unpaired) electrons. The highest BCUT2D eigenvalue weighted by molar-refractivity contribution is 6.31. The third-order valence-corrected chi connectivity index (χ3v) is 6.15. The second kappa shape index (κ2) is 7.13. The van der Waals surface area contributed by atoms with Gasteiger partial charge in [0.25, 0.3) is 0 Å². The molecule has 146 valence electrons. The van der Waals surface area contributed by atoms with Crippen molar-refractivity contribution in [2.45, 2.75) is 32.7 Å². The van der Waals surface area contributed by atoms with Crippen LogP contribution in [0.25, 0.3) is 0 Å². The Balaban J connectivity index is 1.52. The fraction of sp³-hybridized carbons (Fsp3) is 0.364. The first kappa shape index (κ1) is 18.8. The number of nitrogens with one attached hydrogen (secondary N) is 1. The van der Waals surface area contributed by atoms with E-state index in [1.54, 1.807) is 12.1 Å². The van der Waals surface area contributed by atoms with Crippen LogP contribution in [0.5, 0.6) is 5.75 Å². The average molecular weight is 399 g/mol. The molecule has 1 aliphatic heterocycles. The number of benzene rings is 2. The van der Waals surface area contributed by atoms with Gasteiger partial charge in [-0.25, -0.2) is 0 Å². The smallest absolute Gasteiger partial charge is 0.240 e. The molecule has 0 saturated heterocycles. The minimum Gasteiger partial charge on any atom is -0.495 e. The summed E-state index contributed by atoms with van der Waals surface area (Å²) in [6.07, 6.45) is 1.97. The van der Waals surface area contributed by atoms with Crippen LogP contribution in [-0.4, -0.2) is 30.4 Å². The molecule has 2 amide bonds. The van der Waals surface area contributed by atoms with Crippen molar-refractivity contribution in [1.29, 1.82) is 0 Å². The highest BCUT2D eigenvalue weighted by Gasteiger charge is 2.58. The normalized spacial score (nSPS) is 16.9. The van der Waals surface area contributed by atoms with Crippen molar-refractivity contribution < 1.29 is 14.3 Å². The van der Waals surface area contributed by atoms with Gasteiger partial charge in [0.15, 0.2) is 0 Å². The van der Waals surface area contributed by atoms with E-state index < -0.39 is 5.41 Å². The minimum absolute atomic E-state index is 0.0795. The SMILES string of the molecule is COc1cc(Cl)c(C)cc1NC(=O)C1(C(=O)N2CCc3ccccc3C2)CC1. The third kappa shape index (κ3) is 3.24. The molecule has 1 N–H and O–H groups in total. The van der Waals surface area contributed by atoms with Crippen LogP contribution in [0, 0.1) is 12.3 Å². The molecule has 2 aliphatic rings. The fourth-order valence-electron chi connectivity index (χ4n) is 3.81. The van der Waals surface area contributed by atoms with Crippen LogP contribution in [-0.2, 0) is 22.6 Å². The van der Waals surface area contributed by atoms with Gasteiger partial charge < -0.3 is 15.0 Å². The van der Waals surface area contributed by atoms with Crippen molar-refractivity contribution in [1.82, 2.24) is 4.90 Å². The lowest BCUT2D eigenvalue weighted by atomic mass is 9.97.